The third kappa shape index (κ3) is 3.40. The van der Waals surface area contributed by atoms with Crippen molar-refractivity contribution in [1.82, 2.24) is 9.55 Å². The van der Waals surface area contributed by atoms with Crippen LogP contribution in [-0.4, -0.2) is 32.4 Å². The van der Waals surface area contributed by atoms with E-state index in [9.17, 15) is 14.7 Å². The van der Waals surface area contributed by atoms with Gasteiger partial charge in [0.2, 0.25) is 0 Å². The van der Waals surface area contributed by atoms with Crippen LogP contribution >= 0.6 is 0 Å². The number of carbonyl (C=O) groups is 1. The average Bonchev–Trinajstić information content (AvgIpc) is 3.17. The van der Waals surface area contributed by atoms with Gasteiger partial charge in [-0.05, 0) is 44.9 Å². The molecule has 4 heterocycles. The number of ether oxygens (including phenoxy) is 1. The standard InChI is InChI=1S/C26H27N3O5/c1-5-26(32)19-12-21-22-17(13-29(21)23(30)18(19)14-33-24(26)31)15(10-11-27-34-25(2,3)4)16-8-6-7-9-20(16)28-22/h6-9,11-12,32H,5,10,13-14H2,1-4H3/b27-11+/t26-/m0/s1. The molecular formula is C26H27N3O5. The Kier molecular flexibility index (Phi) is 5.09. The number of cyclic esters (lactones) is 1. The number of fused-ring (bicyclic) bond motifs is 5. The van der Waals surface area contributed by atoms with E-state index in [1.807, 2.05) is 45.0 Å². The van der Waals surface area contributed by atoms with Crippen LogP contribution in [0.15, 0.2) is 40.3 Å². The van der Waals surface area contributed by atoms with Crippen molar-refractivity contribution in [2.45, 2.75) is 64.9 Å². The summed E-state index contributed by atoms with van der Waals surface area (Å²) in [5.74, 6) is -0.729. The van der Waals surface area contributed by atoms with Crippen LogP contribution in [0, 0.1) is 0 Å². The largest absolute Gasteiger partial charge is 0.458 e. The Morgan fingerprint density at radius 2 is 2.03 bits per heavy atom. The summed E-state index contributed by atoms with van der Waals surface area (Å²) in [4.78, 5) is 36.2. The molecule has 1 aromatic carbocycles. The molecule has 1 N–H and O–H groups in total. The van der Waals surface area contributed by atoms with Crippen LogP contribution in [0.1, 0.15) is 56.4 Å². The normalized spacial score (nSPS) is 19.1. The number of hydrogen-bond donors (Lipinski definition) is 1. The van der Waals surface area contributed by atoms with Gasteiger partial charge in [-0.15, -0.1) is 0 Å². The topological polar surface area (TPSA) is 103 Å². The van der Waals surface area contributed by atoms with Gasteiger partial charge in [0.15, 0.2) is 5.60 Å². The summed E-state index contributed by atoms with van der Waals surface area (Å²) in [7, 11) is 0. The first kappa shape index (κ1) is 22.3. The van der Waals surface area contributed by atoms with Gasteiger partial charge >= 0.3 is 5.97 Å². The number of benzene rings is 1. The fourth-order valence-electron chi connectivity index (χ4n) is 4.67. The lowest BCUT2D eigenvalue weighted by Crippen LogP contribution is -2.44. The van der Waals surface area contributed by atoms with Crippen molar-refractivity contribution >= 4 is 23.1 Å². The number of aromatic nitrogens is 2. The van der Waals surface area contributed by atoms with Crippen LogP contribution in [0.4, 0.5) is 0 Å². The molecule has 0 unspecified atom stereocenters. The summed E-state index contributed by atoms with van der Waals surface area (Å²) >= 11 is 0. The molecule has 2 aliphatic rings. The Labute approximate surface area is 196 Å². The van der Waals surface area contributed by atoms with Crippen LogP contribution < -0.4 is 5.56 Å². The van der Waals surface area contributed by atoms with E-state index in [1.165, 1.54) is 0 Å². The molecule has 176 valence electrons. The second kappa shape index (κ2) is 7.77. The molecule has 0 amide bonds. The number of para-hydroxylation sites is 1. The SMILES string of the molecule is CC[C@@]1(O)C(=O)OCc2c1cc1n(c2=O)Cc2c-1nc1ccccc1c2C/C=N/OC(C)(C)C. The van der Waals surface area contributed by atoms with E-state index in [2.05, 4.69) is 5.16 Å². The van der Waals surface area contributed by atoms with Crippen molar-refractivity contribution in [2.75, 3.05) is 0 Å². The van der Waals surface area contributed by atoms with E-state index in [4.69, 9.17) is 14.6 Å². The molecule has 34 heavy (non-hydrogen) atoms. The van der Waals surface area contributed by atoms with Crippen LogP contribution in [-0.2, 0) is 39.5 Å². The molecule has 1 atom stereocenters. The highest BCUT2D eigenvalue weighted by Crippen LogP contribution is 2.40. The zero-order chi connectivity index (χ0) is 24.3. The Bertz CT molecular complexity index is 1420. The van der Waals surface area contributed by atoms with E-state index in [1.54, 1.807) is 23.8 Å². The first-order valence-corrected chi connectivity index (χ1v) is 11.4. The number of nitrogens with zero attached hydrogens (tertiary/aromatic N) is 3. The predicted molar refractivity (Wildman–Crippen MR) is 128 cm³/mol. The number of pyridine rings is 2. The van der Waals surface area contributed by atoms with Crippen LogP contribution in [0.2, 0.25) is 0 Å². The lowest BCUT2D eigenvalue weighted by molar-refractivity contribution is -0.172. The van der Waals surface area contributed by atoms with Crippen molar-refractivity contribution in [3.63, 3.8) is 0 Å². The van der Waals surface area contributed by atoms with Crippen LogP contribution in [0.25, 0.3) is 22.3 Å². The Morgan fingerprint density at radius 1 is 1.26 bits per heavy atom. The minimum absolute atomic E-state index is 0.106. The van der Waals surface area contributed by atoms with Gasteiger partial charge < -0.3 is 19.2 Å². The van der Waals surface area contributed by atoms with Crippen molar-refractivity contribution in [1.29, 1.82) is 0 Å². The van der Waals surface area contributed by atoms with Crippen molar-refractivity contribution < 1.29 is 19.5 Å². The molecule has 2 aromatic heterocycles. The summed E-state index contributed by atoms with van der Waals surface area (Å²) in [6.45, 7) is 7.68. The summed E-state index contributed by atoms with van der Waals surface area (Å²) in [6.07, 6.45) is 2.34. The van der Waals surface area contributed by atoms with Crippen LogP contribution in [0.5, 0.6) is 0 Å². The maximum absolute atomic E-state index is 13.4. The fraction of sp³-hybridized carbons (Fsp3) is 0.385. The van der Waals surface area contributed by atoms with Crippen molar-refractivity contribution in [3.05, 3.63) is 62.9 Å². The molecule has 5 rings (SSSR count). The fourth-order valence-corrected chi connectivity index (χ4v) is 4.67. The molecule has 0 saturated heterocycles. The lowest BCUT2D eigenvalue weighted by Gasteiger charge is -2.31. The third-order valence-corrected chi connectivity index (χ3v) is 6.41. The number of rotatable bonds is 4. The highest BCUT2D eigenvalue weighted by molar-refractivity contribution is 5.90. The monoisotopic (exact) mass is 461 g/mol. The van der Waals surface area contributed by atoms with Gasteiger partial charge in [0.25, 0.3) is 5.56 Å². The quantitative estimate of drug-likeness (QED) is 0.284. The van der Waals surface area contributed by atoms with E-state index in [-0.39, 0.29) is 18.6 Å². The Hall–Kier alpha value is -3.52. The number of esters is 1. The highest BCUT2D eigenvalue weighted by atomic mass is 16.6. The maximum Gasteiger partial charge on any atom is 0.343 e. The second-order valence-corrected chi connectivity index (χ2v) is 9.73. The smallest absolute Gasteiger partial charge is 0.343 e. The van der Waals surface area contributed by atoms with Crippen molar-refractivity contribution in [3.8, 4) is 11.4 Å². The molecule has 8 nitrogen and oxygen atoms in total. The van der Waals surface area contributed by atoms with E-state index in [0.29, 0.717) is 35.5 Å². The van der Waals surface area contributed by atoms with Gasteiger partial charge in [-0.2, -0.15) is 0 Å². The van der Waals surface area contributed by atoms with Gasteiger partial charge in [-0.25, -0.2) is 9.78 Å². The molecule has 0 saturated carbocycles. The Morgan fingerprint density at radius 3 is 2.76 bits per heavy atom. The average molecular weight is 462 g/mol. The second-order valence-electron chi connectivity index (χ2n) is 9.73. The molecule has 0 aliphatic carbocycles. The first-order valence-electron chi connectivity index (χ1n) is 11.4. The molecule has 8 heteroatoms. The summed E-state index contributed by atoms with van der Waals surface area (Å²) in [5.41, 5.74) is 2.12. The molecule has 0 radical (unpaired) electrons. The predicted octanol–water partition coefficient (Wildman–Crippen LogP) is 3.42. The highest BCUT2D eigenvalue weighted by Gasteiger charge is 2.45. The Balaban J connectivity index is 1.69. The zero-order valence-corrected chi connectivity index (χ0v) is 19.7. The number of oxime groups is 1. The van der Waals surface area contributed by atoms with Crippen LogP contribution in [0.3, 0.4) is 0 Å². The molecule has 3 aromatic rings. The lowest BCUT2D eigenvalue weighted by atomic mass is 9.86. The summed E-state index contributed by atoms with van der Waals surface area (Å²) in [5, 5.41) is 16.2. The molecular weight excluding hydrogens is 434 g/mol. The van der Waals surface area contributed by atoms with Gasteiger partial charge in [-0.3, -0.25) is 4.79 Å². The minimum atomic E-state index is -1.85. The number of aliphatic hydroxyl groups is 1. The third-order valence-electron chi connectivity index (χ3n) is 6.41. The van der Waals surface area contributed by atoms with Gasteiger partial charge in [0, 0.05) is 29.1 Å². The van der Waals surface area contributed by atoms with E-state index < -0.39 is 17.2 Å². The van der Waals surface area contributed by atoms with Gasteiger partial charge in [0.05, 0.1) is 29.0 Å². The molecule has 2 aliphatic heterocycles. The summed E-state index contributed by atoms with van der Waals surface area (Å²) in [6, 6.07) is 9.55. The maximum atomic E-state index is 13.4. The first-order chi connectivity index (χ1) is 16.1. The number of hydrogen-bond acceptors (Lipinski definition) is 7. The molecule has 0 spiro atoms. The summed E-state index contributed by atoms with van der Waals surface area (Å²) < 4.78 is 6.81. The van der Waals surface area contributed by atoms with E-state index >= 15 is 0 Å². The van der Waals surface area contributed by atoms with Crippen molar-refractivity contribution in [2.24, 2.45) is 5.16 Å². The number of carbonyl (C=O) groups excluding carboxylic acids is 1. The van der Waals surface area contributed by atoms with E-state index in [0.717, 1.165) is 22.0 Å². The zero-order valence-electron chi connectivity index (χ0n) is 19.7. The minimum Gasteiger partial charge on any atom is -0.458 e. The van der Waals surface area contributed by atoms with Gasteiger partial charge in [0.1, 0.15) is 12.2 Å². The molecule has 0 fully saturated rings. The molecule has 0 bridgehead atoms. The van der Waals surface area contributed by atoms with Gasteiger partial charge in [-0.1, -0.05) is 30.3 Å².